The second-order valence-electron chi connectivity index (χ2n) is 0.407. The fourth-order valence-electron chi connectivity index (χ4n) is 0. The third kappa shape index (κ3) is 356. The summed E-state index contributed by atoms with van der Waals surface area (Å²) in [6.07, 6.45) is 0.625. The Morgan fingerprint density at radius 2 is 1.83 bits per heavy atom. The summed E-state index contributed by atoms with van der Waals surface area (Å²) < 4.78 is 0. The van der Waals surface area contributed by atoms with Crippen molar-refractivity contribution in [2.75, 3.05) is 7.05 Å². The number of rotatable bonds is 1. The Labute approximate surface area is 37.9 Å². The van der Waals surface area contributed by atoms with E-state index in [1.165, 1.54) is 0 Å². The summed E-state index contributed by atoms with van der Waals surface area (Å²) in [7, 11) is 1.56. The second-order valence-corrected chi connectivity index (χ2v) is 0.407. The fraction of sp³-hybridized carbons (Fsp3) is 0.250. The first-order chi connectivity index (χ1) is 2.91. The smallest absolute Gasteiger partial charge is 0.206 e. The quantitative estimate of drug-likeness (QED) is 0.358. The molecule has 1 N–H and O–H groups in total. The van der Waals surface area contributed by atoms with Gasteiger partial charge in [-0.25, -0.2) is 0 Å². The zero-order chi connectivity index (χ0) is 5.41. The summed E-state index contributed by atoms with van der Waals surface area (Å²) in [6, 6.07) is 0. The highest BCUT2D eigenvalue weighted by Gasteiger charge is 1.43. The molecule has 0 aromatic rings. The molecule has 0 heterocycles. The molecule has 36 valence electrons. The molecule has 0 spiro atoms. The number of carbonyl (C=O) groups is 1. The average molecular weight is 87.1 g/mol. The van der Waals surface area contributed by atoms with Crippen molar-refractivity contribution in [1.82, 2.24) is 5.32 Å². The molecule has 0 saturated heterocycles. The summed E-state index contributed by atoms with van der Waals surface area (Å²) in [6.45, 7) is 6.00. The van der Waals surface area contributed by atoms with Crippen molar-refractivity contribution >= 4 is 6.41 Å². The third-order valence-corrected chi connectivity index (χ3v) is 0.118. The minimum Gasteiger partial charge on any atom is -0.362 e. The van der Waals surface area contributed by atoms with Crippen LogP contribution in [0.3, 0.4) is 0 Å². The maximum absolute atomic E-state index is 9.06. The standard InChI is InChI=1S/C2H5NO.C2H4/c1-3-2-4;1-2/h2H,1H3,(H,3,4);1-2H2. The predicted octanol–water partition coefficient (Wildman–Crippen LogP) is 0.164. The van der Waals surface area contributed by atoms with Crippen molar-refractivity contribution in [3.05, 3.63) is 13.2 Å². The molecule has 1 amide bonds. The lowest BCUT2D eigenvalue weighted by atomic mass is 11.2. The molecule has 0 saturated carbocycles. The molecule has 0 aromatic heterocycles. The normalized spacial score (nSPS) is 4.17. The van der Waals surface area contributed by atoms with Crippen molar-refractivity contribution in [2.24, 2.45) is 0 Å². The van der Waals surface area contributed by atoms with E-state index in [0.717, 1.165) is 0 Å². The molecule has 0 atom stereocenters. The Hall–Kier alpha value is -0.790. The van der Waals surface area contributed by atoms with Crippen LogP contribution < -0.4 is 5.32 Å². The highest BCUT2D eigenvalue weighted by atomic mass is 16.1. The molecule has 0 aliphatic rings. The van der Waals surface area contributed by atoms with Crippen molar-refractivity contribution in [3.8, 4) is 0 Å². The van der Waals surface area contributed by atoms with E-state index in [4.69, 9.17) is 4.79 Å². The Morgan fingerprint density at radius 1 is 1.67 bits per heavy atom. The van der Waals surface area contributed by atoms with Gasteiger partial charge in [0.05, 0.1) is 0 Å². The lowest BCUT2D eigenvalue weighted by Crippen LogP contribution is -1.98. The number of carbonyl (C=O) groups excluding carboxylic acids is 1. The first kappa shape index (κ1) is 8.96. The molecule has 2 nitrogen and oxygen atoms in total. The van der Waals surface area contributed by atoms with Gasteiger partial charge in [-0.15, -0.1) is 13.2 Å². The average Bonchev–Trinajstić information content (AvgIpc) is 1.72. The Balaban J connectivity index is 0. The van der Waals surface area contributed by atoms with Gasteiger partial charge in [-0.1, -0.05) is 0 Å². The number of hydrogen-bond donors (Lipinski definition) is 1. The first-order valence-electron chi connectivity index (χ1n) is 1.52. The van der Waals surface area contributed by atoms with Gasteiger partial charge in [0.25, 0.3) is 0 Å². The van der Waals surface area contributed by atoms with E-state index >= 15 is 0 Å². The predicted molar refractivity (Wildman–Crippen MR) is 26.4 cm³/mol. The van der Waals surface area contributed by atoms with Crippen LogP contribution in [-0.2, 0) is 4.79 Å². The van der Waals surface area contributed by atoms with Crippen LogP contribution in [0, 0.1) is 0 Å². The molecule has 0 aliphatic heterocycles. The minimum atomic E-state index is 0.625. The van der Waals surface area contributed by atoms with Crippen LogP contribution in [0.5, 0.6) is 0 Å². The number of nitrogens with one attached hydrogen (secondary N) is 1. The van der Waals surface area contributed by atoms with Crippen LogP contribution in [-0.4, -0.2) is 13.5 Å². The highest BCUT2D eigenvalue weighted by Crippen LogP contribution is 1.09. The van der Waals surface area contributed by atoms with Crippen LogP contribution in [0.1, 0.15) is 0 Å². The SMILES string of the molecule is C=C.CNC=O. The first-order valence-corrected chi connectivity index (χ1v) is 1.52. The Morgan fingerprint density at radius 3 is 1.83 bits per heavy atom. The van der Waals surface area contributed by atoms with E-state index in [-0.39, 0.29) is 0 Å². The zero-order valence-electron chi connectivity index (χ0n) is 3.90. The van der Waals surface area contributed by atoms with Crippen molar-refractivity contribution in [1.29, 1.82) is 0 Å². The zero-order valence-corrected chi connectivity index (χ0v) is 3.90. The van der Waals surface area contributed by atoms with E-state index in [9.17, 15) is 0 Å². The topological polar surface area (TPSA) is 29.1 Å². The molecule has 0 radical (unpaired) electrons. The molecule has 0 bridgehead atoms. The molecule has 2 heteroatoms. The Bertz CT molecular complexity index is 28.7. The van der Waals surface area contributed by atoms with Crippen molar-refractivity contribution in [3.63, 3.8) is 0 Å². The molecule has 0 unspecified atom stereocenters. The molecule has 0 fully saturated rings. The van der Waals surface area contributed by atoms with Gasteiger partial charge in [-0.05, 0) is 0 Å². The van der Waals surface area contributed by atoms with E-state index < -0.39 is 0 Å². The maximum atomic E-state index is 9.06. The largest absolute Gasteiger partial charge is 0.362 e. The second kappa shape index (κ2) is 29.6. The van der Waals surface area contributed by atoms with E-state index in [1.54, 1.807) is 7.05 Å². The minimum absolute atomic E-state index is 0.625. The van der Waals surface area contributed by atoms with Crippen LogP contribution in [0.4, 0.5) is 0 Å². The highest BCUT2D eigenvalue weighted by molar-refractivity contribution is 5.44. The molecular weight excluding hydrogens is 78.0 g/mol. The molecular formula is C4H9NO. The van der Waals surface area contributed by atoms with Crippen LogP contribution >= 0.6 is 0 Å². The molecule has 0 aliphatic carbocycles. The third-order valence-electron chi connectivity index (χ3n) is 0.118. The van der Waals surface area contributed by atoms with Crippen LogP contribution in [0.15, 0.2) is 13.2 Å². The molecule has 0 rings (SSSR count). The lowest BCUT2D eigenvalue weighted by Gasteiger charge is -1.64. The van der Waals surface area contributed by atoms with Gasteiger partial charge in [-0.2, -0.15) is 0 Å². The molecule has 0 aromatic carbocycles. The van der Waals surface area contributed by atoms with E-state index in [1.807, 2.05) is 0 Å². The van der Waals surface area contributed by atoms with Gasteiger partial charge in [0.1, 0.15) is 0 Å². The summed E-state index contributed by atoms with van der Waals surface area (Å²) in [4.78, 5) is 9.06. The monoisotopic (exact) mass is 87.1 g/mol. The number of hydrogen-bond acceptors (Lipinski definition) is 1. The van der Waals surface area contributed by atoms with Gasteiger partial charge in [0.15, 0.2) is 0 Å². The van der Waals surface area contributed by atoms with Gasteiger partial charge in [0.2, 0.25) is 6.41 Å². The van der Waals surface area contributed by atoms with Crippen LogP contribution in [0.2, 0.25) is 0 Å². The van der Waals surface area contributed by atoms with Gasteiger partial charge in [0, 0.05) is 7.05 Å². The fourth-order valence-corrected chi connectivity index (χ4v) is 0. The van der Waals surface area contributed by atoms with Gasteiger partial charge in [-0.3, -0.25) is 4.79 Å². The summed E-state index contributed by atoms with van der Waals surface area (Å²) >= 11 is 0. The van der Waals surface area contributed by atoms with Crippen molar-refractivity contribution in [2.45, 2.75) is 0 Å². The maximum Gasteiger partial charge on any atom is 0.206 e. The summed E-state index contributed by atoms with van der Waals surface area (Å²) in [5.41, 5.74) is 0. The number of amides is 1. The summed E-state index contributed by atoms with van der Waals surface area (Å²) in [5.74, 6) is 0. The van der Waals surface area contributed by atoms with E-state index in [0.29, 0.717) is 6.41 Å². The van der Waals surface area contributed by atoms with E-state index in [2.05, 4.69) is 18.5 Å². The Kier molecular flexibility index (Phi) is 44.3. The lowest BCUT2D eigenvalue weighted by molar-refractivity contribution is -0.109. The summed E-state index contributed by atoms with van der Waals surface area (Å²) in [5, 5.41) is 2.25. The molecule has 6 heavy (non-hydrogen) atoms. The van der Waals surface area contributed by atoms with Gasteiger partial charge < -0.3 is 5.32 Å². The van der Waals surface area contributed by atoms with Crippen LogP contribution in [0.25, 0.3) is 0 Å². The van der Waals surface area contributed by atoms with Gasteiger partial charge >= 0.3 is 0 Å². The van der Waals surface area contributed by atoms with Crippen molar-refractivity contribution < 1.29 is 4.79 Å².